The lowest BCUT2D eigenvalue weighted by atomic mass is 10.1. The van der Waals surface area contributed by atoms with Crippen LogP contribution in [-0.4, -0.2) is 42.7 Å². The van der Waals surface area contributed by atoms with Crippen LogP contribution in [0.4, 0.5) is 0 Å². The molecule has 0 spiro atoms. The van der Waals surface area contributed by atoms with E-state index in [1.165, 1.54) is 32.1 Å². The normalized spacial score (nSPS) is 11.7. The number of nitrogens with zero attached hydrogens (tertiary/aromatic N) is 1. The molecule has 0 aliphatic rings. The molecule has 0 aromatic heterocycles. The van der Waals surface area contributed by atoms with Crippen molar-refractivity contribution in [2.75, 3.05) is 27.2 Å². The second-order valence-electron chi connectivity index (χ2n) is 4.98. The van der Waals surface area contributed by atoms with E-state index in [1.54, 1.807) is 0 Å². The van der Waals surface area contributed by atoms with Gasteiger partial charge in [0.05, 0.1) is 20.6 Å². The van der Waals surface area contributed by atoms with Crippen LogP contribution in [0.25, 0.3) is 0 Å². The number of unbranched alkanes of at least 4 members (excludes halogenated alkanes) is 5. The summed E-state index contributed by atoms with van der Waals surface area (Å²) >= 11 is 0. The summed E-state index contributed by atoms with van der Waals surface area (Å²) < 4.78 is 0.600. The molecule has 0 saturated heterocycles. The zero-order valence-electron chi connectivity index (χ0n) is 10.5. The van der Waals surface area contributed by atoms with Crippen molar-refractivity contribution < 1.29 is 14.4 Å². The molecule has 0 atom stereocenters. The van der Waals surface area contributed by atoms with E-state index < -0.39 is 5.97 Å². The highest BCUT2D eigenvalue weighted by atomic mass is 16.4. The molecule has 0 unspecified atom stereocenters. The van der Waals surface area contributed by atoms with E-state index >= 15 is 0 Å². The summed E-state index contributed by atoms with van der Waals surface area (Å²) in [5.41, 5.74) is 0. The summed E-state index contributed by atoms with van der Waals surface area (Å²) in [5, 5.41) is 8.71. The predicted molar refractivity (Wildman–Crippen MR) is 62.9 cm³/mol. The van der Waals surface area contributed by atoms with Crippen molar-refractivity contribution in [3.05, 3.63) is 0 Å². The summed E-state index contributed by atoms with van der Waals surface area (Å²) in [6, 6.07) is 0. The van der Waals surface area contributed by atoms with E-state index in [1.807, 2.05) is 14.1 Å². The van der Waals surface area contributed by atoms with E-state index in [4.69, 9.17) is 5.11 Å². The first kappa shape index (κ1) is 14.4. The maximum absolute atomic E-state index is 10.6. The number of carbonyl (C=O) groups is 1. The summed E-state index contributed by atoms with van der Waals surface area (Å²) in [5.74, 6) is -0.703. The third-order valence-corrected chi connectivity index (χ3v) is 2.68. The lowest BCUT2D eigenvalue weighted by Gasteiger charge is -2.27. The van der Waals surface area contributed by atoms with Crippen LogP contribution in [0.1, 0.15) is 45.4 Å². The Kier molecular flexibility index (Phi) is 7.39. The highest BCUT2D eigenvalue weighted by molar-refractivity contribution is 5.67. The number of hydrogen-bond acceptors (Lipinski definition) is 1. The van der Waals surface area contributed by atoms with Crippen molar-refractivity contribution in [1.29, 1.82) is 0 Å². The van der Waals surface area contributed by atoms with Crippen LogP contribution in [0.15, 0.2) is 0 Å². The Labute approximate surface area is 93.7 Å². The topological polar surface area (TPSA) is 37.3 Å². The molecule has 0 amide bonds. The van der Waals surface area contributed by atoms with Crippen LogP contribution < -0.4 is 0 Å². The molecule has 15 heavy (non-hydrogen) atoms. The molecule has 0 radical (unpaired) electrons. The van der Waals surface area contributed by atoms with Crippen LogP contribution in [0.2, 0.25) is 0 Å². The average Bonchev–Trinajstić information content (AvgIpc) is 2.08. The fraction of sp³-hybridized carbons (Fsp3) is 0.917. The summed E-state index contributed by atoms with van der Waals surface area (Å²) in [7, 11) is 3.97. The Morgan fingerprint density at radius 1 is 1.07 bits per heavy atom. The monoisotopic (exact) mass is 216 g/mol. The van der Waals surface area contributed by atoms with Gasteiger partial charge in [0.1, 0.15) is 0 Å². The summed E-state index contributed by atoms with van der Waals surface area (Å²) in [6.07, 6.45) is 7.60. The van der Waals surface area contributed by atoms with Crippen molar-refractivity contribution in [3.8, 4) is 0 Å². The quantitative estimate of drug-likeness (QED) is 0.475. The van der Waals surface area contributed by atoms with Crippen LogP contribution in [0.3, 0.4) is 0 Å². The van der Waals surface area contributed by atoms with Crippen molar-refractivity contribution >= 4 is 5.97 Å². The minimum absolute atomic E-state index is 0.231. The largest absolute Gasteiger partial charge is 0.477 e. The Balaban J connectivity index is 3.44. The Morgan fingerprint density at radius 3 is 2.13 bits per heavy atom. The third kappa shape index (κ3) is 9.73. The smallest absolute Gasteiger partial charge is 0.359 e. The van der Waals surface area contributed by atoms with Gasteiger partial charge < -0.3 is 9.59 Å². The molecule has 0 aliphatic carbocycles. The lowest BCUT2D eigenvalue weighted by Crippen LogP contribution is -2.44. The standard InChI is InChI=1S/C12H25NO2/c1-4-5-6-7-8-9-10-13(2,3)11-12(14)15/h4-11H2,1-3H3/p+1. The number of aliphatic carboxylic acids is 1. The molecule has 3 heteroatoms. The van der Waals surface area contributed by atoms with Gasteiger partial charge in [0.25, 0.3) is 0 Å². The zero-order chi connectivity index (χ0) is 11.7. The molecule has 1 N–H and O–H groups in total. The van der Waals surface area contributed by atoms with E-state index in [0.29, 0.717) is 4.48 Å². The van der Waals surface area contributed by atoms with Gasteiger partial charge in [-0.15, -0.1) is 0 Å². The molecule has 3 nitrogen and oxygen atoms in total. The molecule has 0 rings (SSSR count). The highest BCUT2D eigenvalue weighted by Gasteiger charge is 2.18. The van der Waals surface area contributed by atoms with E-state index in [0.717, 1.165) is 13.0 Å². The van der Waals surface area contributed by atoms with Gasteiger partial charge in [-0.05, 0) is 12.8 Å². The predicted octanol–water partition coefficient (Wildman–Crippen LogP) is 2.51. The molecule has 0 fully saturated rings. The first-order chi connectivity index (χ1) is 6.98. The maximum Gasteiger partial charge on any atom is 0.359 e. The van der Waals surface area contributed by atoms with Crippen LogP contribution >= 0.6 is 0 Å². The van der Waals surface area contributed by atoms with Gasteiger partial charge in [0.2, 0.25) is 0 Å². The molecule has 0 heterocycles. The molecule has 0 bridgehead atoms. The van der Waals surface area contributed by atoms with Gasteiger partial charge >= 0.3 is 5.97 Å². The van der Waals surface area contributed by atoms with Crippen LogP contribution in [0, 0.1) is 0 Å². The SMILES string of the molecule is CCCCCCCC[N+](C)(C)CC(=O)O. The fourth-order valence-electron chi connectivity index (χ4n) is 1.77. The molecule has 0 aromatic rings. The second kappa shape index (κ2) is 7.69. The minimum Gasteiger partial charge on any atom is -0.477 e. The number of likely N-dealkylation sites (N-methyl/N-ethyl adjacent to an activating group) is 1. The lowest BCUT2D eigenvalue weighted by molar-refractivity contribution is -0.883. The number of quaternary nitrogens is 1. The highest BCUT2D eigenvalue weighted by Crippen LogP contribution is 2.07. The van der Waals surface area contributed by atoms with Crippen molar-refractivity contribution in [3.63, 3.8) is 0 Å². The van der Waals surface area contributed by atoms with Gasteiger partial charge in [0, 0.05) is 0 Å². The first-order valence-electron chi connectivity index (χ1n) is 6.02. The molecular weight excluding hydrogens is 190 g/mol. The minimum atomic E-state index is -0.703. The van der Waals surface area contributed by atoms with Gasteiger partial charge in [0.15, 0.2) is 6.54 Å². The number of carboxylic acid groups (broad SMARTS) is 1. The van der Waals surface area contributed by atoms with Crippen molar-refractivity contribution in [1.82, 2.24) is 0 Å². The van der Waals surface area contributed by atoms with Gasteiger partial charge in [-0.2, -0.15) is 0 Å². The Bertz CT molecular complexity index is 178. The summed E-state index contributed by atoms with van der Waals surface area (Å²) in [6.45, 7) is 3.42. The molecule has 90 valence electrons. The number of carboxylic acids is 1. The van der Waals surface area contributed by atoms with Gasteiger partial charge in [-0.25, -0.2) is 4.79 Å². The van der Waals surface area contributed by atoms with Crippen molar-refractivity contribution in [2.24, 2.45) is 0 Å². The van der Waals surface area contributed by atoms with Crippen LogP contribution in [-0.2, 0) is 4.79 Å². The molecule has 0 aromatic carbocycles. The Morgan fingerprint density at radius 2 is 1.60 bits per heavy atom. The third-order valence-electron chi connectivity index (χ3n) is 2.68. The first-order valence-corrected chi connectivity index (χ1v) is 6.02. The van der Waals surface area contributed by atoms with Crippen LogP contribution in [0.5, 0.6) is 0 Å². The van der Waals surface area contributed by atoms with E-state index in [2.05, 4.69) is 6.92 Å². The zero-order valence-corrected chi connectivity index (χ0v) is 10.5. The second-order valence-corrected chi connectivity index (χ2v) is 4.98. The van der Waals surface area contributed by atoms with Gasteiger partial charge in [-0.1, -0.05) is 32.6 Å². The van der Waals surface area contributed by atoms with E-state index in [9.17, 15) is 4.79 Å². The fourth-order valence-corrected chi connectivity index (χ4v) is 1.77. The van der Waals surface area contributed by atoms with E-state index in [-0.39, 0.29) is 6.54 Å². The molecule has 0 saturated carbocycles. The number of hydrogen-bond donors (Lipinski definition) is 1. The molecule has 0 aliphatic heterocycles. The Hall–Kier alpha value is -0.570. The molecular formula is C12H26NO2+. The maximum atomic E-state index is 10.6. The average molecular weight is 216 g/mol. The number of rotatable bonds is 9. The van der Waals surface area contributed by atoms with Gasteiger partial charge in [-0.3, -0.25) is 0 Å². The van der Waals surface area contributed by atoms with Crippen molar-refractivity contribution in [2.45, 2.75) is 45.4 Å². The summed E-state index contributed by atoms with van der Waals surface area (Å²) in [4.78, 5) is 10.6.